The Hall–Kier alpha value is -2.46. The van der Waals surface area contributed by atoms with Gasteiger partial charge in [-0.2, -0.15) is 9.41 Å². The predicted octanol–water partition coefficient (Wildman–Crippen LogP) is 3.32. The van der Waals surface area contributed by atoms with Crippen molar-refractivity contribution in [1.82, 2.24) is 9.21 Å². The number of nitrogens with zero attached hydrogens (tertiary/aromatic N) is 4. The Morgan fingerprint density at radius 2 is 1.70 bits per heavy atom. The Morgan fingerprint density at radius 1 is 1.00 bits per heavy atom. The van der Waals surface area contributed by atoms with E-state index in [2.05, 4.69) is 5.10 Å². The topological polar surface area (TPSA) is 90.4 Å². The molecule has 0 N–H and O–H groups in total. The van der Waals surface area contributed by atoms with E-state index in [4.69, 9.17) is 23.2 Å². The number of hydrogen-bond donors (Lipinski definition) is 0. The molecule has 0 bridgehead atoms. The third-order valence-corrected chi connectivity index (χ3v) is 8.28. The Kier molecular flexibility index (Phi) is 6.76. The number of benzene rings is 2. The van der Waals surface area contributed by atoms with Gasteiger partial charge in [-0.05, 0) is 36.8 Å². The summed E-state index contributed by atoms with van der Waals surface area (Å²) >= 11 is 12.0. The summed E-state index contributed by atoms with van der Waals surface area (Å²) in [4.78, 5) is 27.0. The normalized spacial score (nSPS) is 17.8. The van der Waals surface area contributed by atoms with Crippen molar-refractivity contribution in [3.63, 3.8) is 0 Å². The van der Waals surface area contributed by atoms with Gasteiger partial charge in [-0.15, -0.1) is 0 Å². The van der Waals surface area contributed by atoms with Gasteiger partial charge in [-0.1, -0.05) is 41.4 Å². The lowest BCUT2D eigenvalue weighted by molar-refractivity contribution is -0.125. The van der Waals surface area contributed by atoms with Crippen LogP contribution in [-0.4, -0.2) is 61.3 Å². The molecule has 4 rings (SSSR count). The van der Waals surface area contributed by atoms with Gasteiger partial charge in [0.05, 0.1) is 10.7 Å². The van der Waals surface area contributed by atoms with Crippen LogP contribution in [0, 0.1) is 6.92 Å². The van der Waals surface area contributed by atoms with Gasteiger partial charge in [0.1, 0.15) is 10.6 Å². The summed E-state index contributed by atoms with van der Waals surface area (Å²) in [7, 11) is -3.85. The van der Waals surface area contributed by atoms with E-state index in [0.717, 1.165) is 5.56 Å². The fourth-order valence-electron chi connectivity index (χ4n) is 3.82. The maximum atomic E-state index is 13.1. The molecule has 1 saturated heterocycles. The predicted molar refractivity (Wildman–Crippen MR) is 127 cm³/mol. The summed E-state index contributed by atoms with van der Waals surface area (Å²) in [6, 6.07) is 11.6. The first-order valence-corrected chi connectivity index (χ1v) is 12.6. The van der Waals surface area contributed by atoms with E-state index < -0.39 is 10.0 Å². The molecule has 0 saturated carbocycles. The van der Waals surface area contributed by atoms with Gasteiger partial charge in [0.15, 0.2) is 0 Å². The van der Waals surface area contributed by atoms with E-state index in [0.29, 0.717) is 5.69 Å². The Labute approximate surface area is 202 Å². The highest BCUT2D eigenvalue weighted by Crippen LogP contribution is 2.29. The van der Waals surface area contributed by atoms with E-state index in [1.165, 1.54) is 27.5 Å². The van der Waals surface area contributed by atoms with Crippen molar-refractivity contribution in [1.29, 1.82) is 0 Å². The van der Waals surface area contributed by atoms with Crippen LogP contribution in [0.4, 0.5) is 5.69 Å². The molecule has 8 nitrogen and oxygen atoms in total. The van der Waals surface area contributed by atoms with Gasteiger partial charge in [-0.3, -0.25) is 9.59 Å². The van der Waals surface area contributed by atoms with Crippen LogP contribution in [0.15, 0.2) is 52.5 Å². The number of amides is 2. The molecule has 0 atom stereocenters. The van der Waals surface area contributed by atoms with Gasteiger partial charge in [-0.25, -0.2) is 13.4 Å². The van der Waals surface area contributed by atoms with E-state index in [1.54, 1.807) is 11.0 Å². The van der Waals surface area contributed by atoms with Crippen LogP contribution in [0.5, 0.6) is 0 Å². The van der Waals surface area contributed by atoms with Gasteiger partial charge >= 0.3 is 0 Å². The first-order chi connectivity index (χ1) is 15.7. The highest BCUT2D eigenvalue weighted by atomic mass is 35.5. The molecule has 2 aromatic carbocycles. The van der Waals surface area contributed by atoms with Crippen molar-refractivity contribution in [2.75, 3.05) is 31.2 Å². The molecule has 2 aliphatic heterocycles. The molecule has 174 valence electrons. The van der Waals surface area contributed by atoms with Gasteiger partial charge in [0.2, 0.25) is 15.9 Å². The molecule has 2 aliphatic rings. The number of hydrogen-bond acceptors (Lipinski definition) is 5. The molecular weight excluding hydrogens is 487 g/mol. The van der Waals surface area contributed by atoms with Crippen molar-refractivity contribution in [3.05, 3.63) is 58.1 Å². The van der Waals surface area contributed by atoms with Crippen LogP contribution in [0.3, 0.4) is 0 Å². The second kappa shape index (κ2) is 9.42. The van der Waals surface area contributed by atoms with Gasteiger partial charge in [0.25, 0.3) is 5.91 Å². The van der Waals surface area contributed by atoms with Crippen molar-refractivity contribution >= 4 is 56.4 Å². The van der Waals surface area contributed by atoms with Crippen molar-refractivity contribution in [2.45, 2.75) is 24.7 Å². The number of piperazine rings is 1. The van der Waals surface area contributed by atoms with Crippen LogP contribution in [0.2, 0.25) is 10.0 Å². The zero-order valence-corrected chi connectivity index (χ0v) is 20.2. The monoisotopic (exact) mass is 508 g/mol. The third kappa shape index (κ3) is 4.77. The standard InChI is InChI=1S/C22H22Cl2N4O4S/c1-15-4-2-3-5-19(15)28-21(29)9-8-18(25-28)22(30)26-10-12-27(13-11-26)33(31,32)20-14-16(23)6-7-17(20)24/h2-7,14H,8-13H2,1H3. The van der Waals surface area contributed by atoms with Crippen LogP contribution in [0.25, 0.3) is 0 Å². The molecule has 0 aliphatic carbocycles. The largest absolute Gasteiger partial charge is 0.335 e. The summed E-state index contributed by atoms with van der Waals surface area (Å²) in [5, 5.41) is 6.00. The second-order valence-corrected chi connectivity index (χ2v) is 10.6. The number of aryl methyl sites for hydroxylation is 1. The van der Waals surface area contributed by atoms with Crippen molar-refractivity contribution in [2.24, 2.45) is 5.10 Å². The Bertz CT molecular complexity index is 1240. The summed E-state index contributed by atoms with van der Waals surface area (Å²) in [6.07, 6.45) is 0.428. The van der Waals surface area contributed by atoms with Crippen molar-refractivity contribution < 1.29 is 18.0 Å². The minimum absolute atomic E-state index is 0.0551. The fourth-order valence-corrected chi connectivity index (χ4v) is 5.98. The first-order valence-electron chi connectivity index (χ1n) is 10.4. The lowest BCUT2D eigenvalue weighted by Crippen LogP contribution is -2.52. The number of carbonyl (C=O) groups excluding carboxylic acids is 2. The molecule has 0 unspecified atom stereocenters. The Morgan fingerprint density at radius 3 is 2.39 bits per heavy atom. The minimum Gasteiger partial charge on any atom is -0.335 e. The summed E-state index contributed by atoms with van der Waals surface area (Å²) in [6.45, 7) is 2.51. The lowest BCUT2D eigenvalue weighted by Gasteiger charge is -2.35. The van der Waals surface area contributed by atoms with E-state index >= 15 is 0 Å². The molecule has 2 amide bonds. The van der Waals surface area contributed by atoms with Gasteiger partial charge in [0, 0.05) is 44.0 Å². The number of halogens is 2. The summed E-state index contributed by atoms with van der Waals surface area (Å²) in [5.41, 5.74) is 1.80. The van der Waals surface area contributed by atoms with Gasteiger partial charge < -0.3 is 4.90 Å². The van der Waals surface area contributed by atoms with E-state index in [1.807, 2.05) is 25.1 Å². The third-order valence-electron chi connectivity index (χ3n) is 5.66. The number of para-hydroxylation sites is 1. The van der Waals surface area contributed by atoms with Crippen LogP contribution in [0.1, 0.15) is 18.4 Å². The lowest BCUT2D eigenvalue weighted by atomic mass is 10.1. The number of sulfonamides is 1. The fraction of sp³-hybridized carbons (Fsp3) is 0.318. The average Bonchev–Trinajstić information content (AvgIpc) is 2.81. The van der Waals surface area contributed by atoms with Crippen LogP contribution >= 0.6 is 23.2 Å². The van der Waals surface area contributed by atoms with E-state index in [-0.39, 0.29) is 71.5 Å². The number of rotatable bonds is 4. The molecule has 2 heterocycles. The van der Waals surface area contributed by atoms with Crippen LogP contribution < -0.4 is 5.01 Å². The molecule has 0 spiro atoms. The maximum absolute atomic E-state index is 13.1. The zero-order chi connectivity index (χ0) is 23.8. The quantitative estimate of drug-likeness (QED) is 0.633. The molecule has 2 aromatic rings. The molecule has 0 radical (unpaired) electrons. The zero-order valence-electron chi connectivity index (χ0n) is 17.9. The molecule has 0 aromatic heterocycles. The highest BCUT2D eigenvalue weighted by molar-refractivity contribution is 7.89. The SMILES string of the molecule is Cc1ccccc1N1N=C(C(=O)N2CCN(S(=O)(=O)c3cc(Cl)ccc3Cl)CC2)CCC1=O. The average molecular weight is 509 g/mol. The summed E-state index contributed by atoms with van der Waals surface area (Å²) in [5.74, 6) is -0.464. The number of carbonyl (C=O) groups is 2. The second-order valence-electron chi connectivity index (χ2n) is 7.81. The molecule has 1 fully saturated rings. The van der Waals surface area contributed by atoms with Crippen molar-refractivity contribution in [3.8, 4) is 0 Å². The smallest absolute Gasteiger partial charge is 0.270 e. The van der Waals surface area contributed by atoms with Crippen LogP contribution in [-0.2, 0) is 19.6 Å². The Balaban J connectivity index is 1.48. The summed E-state index contributed by atoms with van der Waals surface area (Å²) < 4.78 is 27.3. The minimum atomic E-state index is -3.85. The van der Waals surface area contributed by atoms with E-state index in [9.17, 15) is 18.0 Å². The highest BCUT2D eigenvalue weighted by Gasteiger charge is 2.34. The maximum Gasteiger partial charge on any atom is 0.270 e. The molecule has 11 heteroatoms. The first kappa shape index (κ1) is 23.7. The number of anilines is 1. The molecule has 33 heavy (non-hydrogen) atoms. The number of hydrazone groups is 1. The molecular formula is C22H22Cl2N4O4S.